The molecule has 0 saturated carbocycles. The SMILES string of the molecule is CCc1cc(C(=O)c2ccc(C)cc2)c(N)s1. The van der Waals surface area contributed by atoms with Crippen LogP contribution in [0.25, 0.3) is 0 Å². The van der Waals surface area contributed by atoms with Crippen LogP contribution < -0.4 is 5.73 Å². The van der Waals surface area contributed by atoms with Crippen LogP contribution in [0.5, 0.6) is 0 Å². The number of thiophene rings is 1. The summed E-state index contributed by atoms with van der Waals surface area (Å²) < 4.78 is 0. The fourth-order valence-corrected chi connectivity index (χ4v) is 2.54. The minimum absolute atomic E-state index is 0.0125. The lowest BCUT2D eigenvalue weighted by atomic mass is 10.0. The Morgan fingerprint density at radius 1 is 1.29 bits per heavy atom. The number of nitrogen functional groups attached to an aromatic ring is 1. The van der Waals surface area contributed by atoms with Crippen LogP contribution in [-0.2, 0) is 6.42 Å². The first-order valence-electron chi connectivity index (χ1n) is 5.61. The van der Waals surface area contributed by atoms with Gasteiger partial charge in [0.1, 0.15) is 0 Å². The molecule has 2 N–H and O–H groups in total. The summed E-state index contributed by atoms with van der Waals surface area (Å²) in [6, 6.07) is 9.48. The predicted molar refractivity (Wildman–Crippen MR) is 72.7 cm³/mol. The molecule has 3 heteroatoms. The highest BCUT2D eigenvalue weighted by molar-refractivity contribution is 7.16. The van der Waals surface area contributed by atoms with Crippen molar-refractivity contribution in [2.75, 3.05) is 5.73 Å². The van der Waals surface area contributed by atoms with E-state index < -0.39 is 0 Å². The maximum Gasteiger partial charge on any atom is 0.195 e. The highest BCUT2D eigenvalue weighted by atomic mass is 32.1. The molecule has 0 aliphatic carbocycles. The van der Waals surface area contributed by atoms with Crippen LogP contribution in [0.3, 0.4) is 0 Å². The molecule has 1 heterocycles. The van der Waals surface area contributed by atoms with Crippen LogP contribution >= 0.6 is 11.3 Å². The van der Waals surface area contributed by atoms with Gasteiger partial charge in [0.25, 0.3) is 0 Å². The van der Waals surface area contributed by atoms with E-state index in [-0.39, 0.29) is 5.78 Å². The zero-order chi connectivity index (χ0) is 12.4. The van der Waals surface area contributed by atoms with Gasteiger partial charge in [0.2, 0.25) is 0 Å². The quantitative estimate of drug-likeness (QED) is 0.842. The first kappa shape index (κ1) is 11.9. The molecule has 0 aliphatic rings. The molecule has 1 aromatic heterocycles. The number of benzene rings is 1. The molecular weight excluding hydrogens is 230 g/mol. The first-order chi connectivity index (χ1) is 8.11. The van der Waals surface area contributed by atoms with Crippen molar-refractivity contribution < 1.29 is 4.79 Å². The van der Waals surface area contributed by atoms with Crippen molar-refractivity contribution in [3.8, 4) is 0 Å². The molecule has 2 rings (SSSR count). The van der Waals surface area contributed by atoms with E-state index >= 15 is 0 Å². The Morgan fingerprint density at radius 2 is 1.94 bits per heavy atom. The van der Waals surface area contributed by atoms with Crippen LogP contribution in [0, 0.1) is 6.92 Å². The molecule has 2 nitrogen and oxygen atoms in total. The van der Waals surface area contributed by atoms with Crippen LogP contribution in [0.15, 0.2) is 30.3 Å². The van der Waals surface area contributed by atoms with Crippen LogP contribution in [0.2, 0.25) is 0 Å². The smallest absolute Gasteiger partial charge is 0.195 e. The topological polar surface area (TPSA) is 43.1 Å². The maximum atomic E-state index is 12.2. The summed E-state index contributed by atoms with van der Waals surface area (Å²) in [6.45, 7) is 4.06. The van der Waals surface area contributed by atoms with E-state index in [1.807, 2.05) is 37.3 Å². The second-order valence-corrected chi connectivity index (χ2v) is 5.21. The van der Waals surface area contributed by atoms with Gasteiger partial charge in [-0.2, -0.15) is 0 Å². The lowest BCUT2D eigenvalue weighted by molar-refractivity contribution is 0.104. The van der Waals surface area contributed by atoms with Crippen molar-refractivity contribution in [3.05, 3.63) is 51.9 Å². The molecule has 0 bridgehead atoms. The molecule has 0 amide bonds. The van der Waals surface area contributed by atoms with E-state index in [4.69, 9.17) is 5.73 Å². The lowest BCUT2D eigenvalue weighted by Gasteiger charge is -2.00. The van der Waals surface area contributed by atoms with Crippen LogP contribution in [0.1, 0.15) is 33.3 Å². The average Bonchev–Trinajstić information content (AvgIpc) is 2.71. The normalized spacial score (nSPS) is 10.5. The van der Waals surface area contributed by atoms with Crippen molar-refractivity contribution in [2.45, 2.75) is 20.3 Å². The van der Waals surface area contributed by atoms with Gasteiger partial charge in [0.05, 0.1) is 10.6 Å². The van der Waals surface area contributed by atoms with Gasteiger partial charge < -0.3 is 5.73 Å². The monoisotopic (exact) mass is 245 g/mol. The molecular formula is C14H15NOS. The molecule has 0 fully saturated rings. The Kier molecular flexibility index (Phi) is 3.29. The second-order valence-electron chi connectivity index (χ2n) is 4.04. The Labute approximate surface area is 105 Å². The molecule has 2 aromatic rings. The molecule has 0 saturated heterocycles. The fourth-order valence-electron chi connectivity index (χ4n) is 1.67. The van der Waals surface area contributed by atoms with Gasteiger partial charge in [-0.1, -0.05) is 36.8 Å². The van der Waals surface area contributed by atoms with E-state index in [2.05, 4.69) is 6.92 Å². The summed E-state index contributed by atoms with van der Waals surface area (Å²) in [5.74, 6) is 0.0125. The molecule has 0 spiro atoms. The third kappa shape index (κ3) is 2.39. The Morgan fingerprint density at radius 3 is 2.47 bits per heavy atom. The van der Waals surface area contributed by atoms with Gasteiger partial charge in [-0.15, -0.1) is 11.3 Å². The summed E-state index contributed by atoms with van der Waals surface area (Å²) >= 11 is 1.50. The van der Waals surface area contributed by atoms with E-state index in [0.29, 0.717) is 16.1 Å². The lowest BCUT2D eigenvalue weighted by Crippen LogP contribution is -2.02. The Bertz CT molecular complexity index is 540. The van der Waals surface area contributed by atoms with Crippen LogP contribution in [-0.4, -0.2) is 5.78 Å². The summed E-state index contributed by atoms with van der Waals surface area (Å²) in [5.41, 5.74) is 8.36. The number of carbonyl (C=O) groups is 1. The fraction of sp³-hybridized carbons (Fsp3) is 0.214. The van der Waals surface area contributed by atoms with E-state index in [9.17, 15) is 4.79 Å². The second kappa shape index (κ2) is 4.72. The van der Waals surface area contributed by atoms with Crippen molar-refractivity contribution in [1.82, 2.24) is 0 Å². The average molecular weight is 245 g/mol. The van der Waals surface area contributed by atoms with Gasteiger partial charge in [0, 0.05) is 10.4 Å². The molecule has 0 radical (unpaired) electrons. The minimum Gasteiger partial charge on any atom is -0.390 e. The maximum absolute atomic E-state index is 12.2. The number of rotatable bonds is 3. The predicted octanol–water partition coefficient (Wildman–Crippen LogP) is 3.43. The van der Waals surface area contributed by atoms with Crippen molar-refractivity contribution in [3.63, 3.8) is 0 Å². The van der Waals surface area contributed by atoms with Crippen molar-refractivity contribution in [1.29, 1.82) is 0 Å². The number of hydrogen-bond acceptors (Lipinski definition) is 3. The largest absolute Gasteiger partial charge is 0.390 e. The number of ketones is 1. The van der Waals surface area contributed by atoms with E-state index in [0.717, 1.165) is 16.9 Å². The summed E-state index contributed by atoms with van der Waals surface area (Å²) in [5, 5.41) is 0.618. The summed E-state index contributed by atoms with van der Waals surface area (Å²) in [6.07, 6.45) is 0.913. The summed E-state index contributed by atoms with van der Waals surface area (Å²) in [4.78, 5) is 13.4. The number of nitrogens with two attached hydrogens (primary N) is 1. The van der Waals surface area contributed by atoms with Crippen molar-refractivity contribution >= 4 is 22.1 Å². The zero-order valence-corrected chi connectivity index (χ0v) is 10.8. The van der Waals surface area contributed by atoms with Gasteiger partial charge in [-0.3, -0.25) is 4.79 Å². The first-order valence-corrected chi connectivity index (χ1v) is 6.43. The highest BCUT2D eigenvalue weighted by Crippen LogP contribution is 2.27. The molecule has 0 unspecified atom stereocenters. The third-order valence-corrected chi connectivity index (χ3v) is 3.83. The Balaban J connectivity index is 2.36. The Hall–Kier alpha value is -1.61. The van der Waals surface area contributed by atoms with Gasteiger partial charge in [-0.25, -0.2) is 0 Å². The molecule has 88 valence electrons. The number of aryl methyl sites for hydroxylation is 2. The molecule has 17 heavy (non-hydrogen) atoms. The van der Waals surface area contributed by atoms with Crippen LogP contribution in [0.4, 0.5) is 5.00 Å². The van der Waals surface area contributed by atoms with E-state index in [1.165, 1.54) is 11.3 Å². The van der Waals surface area contributed by atoms with Gasteiger partial charge in [0.15, 0.2) is 5.78 Å². The van der Waals surface area contributed by atoms with Gasteiger partial charge >= 0.3 is 0 Å². The van der Waals surface area contributed by atoms with Crippen molar-refractivity contribution in [2.24, 2.45) is 0 Å². The molecule has 1 aromatic carbocycles. The highest BCUT2D eigenvalue weighted by Gasteiger charge is 2.15. The van der Waals surface area contributed by atoms with E-state index in [1.54, 1.807) is 0 Å². The van der Waals surface area contributed by atoms with Gasteiger partial charge in [-0.05, 0) is 19.4 Å². The number of carbonyl (C=O) groups excluding carboxylic acids is 1. The standard InChI is InChI=1S/C14H15NOS/c1-3-11-8-12(14(15)17-11)13(16)10-6-4-9(2)5-7-10/h4-8H,3,15H2,1-2H3. The summed E-state index contributed by atoms with van der Waals surface area (Å²) in [7, 11) is 0. The zero-order valence-electron chi connectivity index (χ0n) is 9.99. The third-order valence-electron chi connectivity index (χ3n) is 2.72. The molecule has 0 atom stereocenters. The number of hydrogen-bond donors (Lipinski definition) is 1. The number of anilines is 1. The molecule has 0 aliphatic heterocycles. The minimum atomic E-state index is 0.0125.